The molecule has 0 saturated carbocycles. The fourth-order valence-electron chi connectivity index (χ4n) is 1.93. The second kappa shape index (κ2) is 6.43. The Labute approximate surface area is 112 Å². The second-order valence-electron chi connectivity index (χ2n) is 4.69. The SMILES string of the molecule is Cc1ccc(CNCCc2cc(F)cc(F)c2)cc1. The Bertz CT molecular complexity index is 515. The van der Waals surface area contributed by atoms with Gasteiger partial charge in [-0.2, -0.15) is 0 Å². The minimum absolute atomic E-state index is 0.520. The van der Waals surface area contributed by atoms with Gasteiger partial charge in [0.05, 0.1) is 0 Å². The summed E-state index contributed by atoms with van der Waals surface area (Å²) in [6, 6.07) is 11.9. The summed E-state index contributed by atoms with van der Waals surface area (Å²) in [7, 11) is 0. The van der Waals surface area contributed by atoms with Crippen molar-refractivity contribution in [2.75, 3.05) is 6.54 Å². The molecule has 0 heterocycles. The van der Waals surface area contributed by atoms with Gasteiger partial charge in [0.25, 0.3) is 0 Å². The van der Waals surface area contributed by atoms with E-state index in [4.69, 9.17) is 0 Å². The maximum absolute atomic E-state index is 13.0. The highest BCUT2D eigenvalue weighted by Crippen LogP contribution is 2.08. The quantitative estimate of drug-likeness (QED) is 0.811. The molecule has 0 aliphatic rings. The van der Waals surface area contributed by atoms with E-state index in [1.54, 1.807) is 0 Å². The fourth-order valence-corrected chi connectivity index (χ4v) is 1.93. The van der Waals surface area contributed by atoms with Crippen LogP contribution in [0.2, 0.25) is 0 Å². The molecule has 0 aromatic heterocycles. The molecule has 1 N–H and O–H groups in total. The van der Waals surface area contributed by atoms with Gasteiger partial charge in [0.2, 0.25) is 0 Å². The first-order chi connectivity index (χ1) is 9.13. The van der Waals surface area contributed by atoms with E-state index in [1.165, 1.54) is 23.3 Å². The molecule has 0 unspecified atom stereocenters. The molecule has 2 rings (SSSR count). The summed E-state index contributed by atoms with van der Waals surface area (Å²) in [6.07, 6.45) is 0.612. The monoisotopic (exact) mass is 261 g/mol. The van der Waals surface area contributed by atoms with Crippen LogP contribution in [-0.4, -0.2) is 6.54 Å². The zero-order valence-electron chi connectivity index (χ0n) is 10.9. The highest BCUT2D eigenvalue weighted by Gasteiger charge is 2.00. The summed E-state index contributed by atoms with van der Waals surface area (Å²) < 4.78 is 26.0. The summed E-state index contributed by atoms with van der Waals surface area (Å²) in [6.45, 7) is 3.50. The number of hydrogen-bond acceptors (Lipinski definition) is 1. The van der Waals surface area contributed by atoms with Crippen LogP contribution in [0.1, 0.15) is 16.7 Å². The van der Waals surface area contributed by atoms with E-state index < -0.39 is 11.6 Å². The van der Waals surface area contributed by atoms with E-state index in [-0.39, 0.29) is 0 Å². The van der Waals surface area contributed by atoms with Crippen molar-refractivity contribution in [3.8, 4) is 0 Å². The van der Waals surface area contributed by atoms with Crippen molar-refractivity contribution in [1.82, 2.24) is 5.32 Å². The predicted octanol–water partition coefficient (Wildman–Crippen LogP) is 3.61. The third-order valence-corrected chi connectivity index (χ3v) is 2.96. The average molecular weight is 261 g/mol. The van der Waals surface area contributed by atoms with Crippen molar-refractivity contribution in [3.63, 3.8) is 0 Å². The van der Waals surface area contributed by atoms with Gasteiger partial charge in [-0.25, -0.2) is 8.78 Å². The van der Waals surface area contributed by atoms with Gasteiger partial charge < -0.3 is 5.32 Å². The Morgan fingerprint density at radius 3 is 2.16 bits per heavy atom. The van der Waals surface area contributed by atoms with Gasteiger partial charge >= 0.3 is 0 Å². The van der Waals surface area contributed by atoms with Gasteiger partial charge in [-0.05, 0) is 43.1 Å². The topological polar surface area (TPSA) is 12.0 Å². The summed E-state index contributed by atoms with van der Waals surface area (Å²) in [5, 5.41) is 3.26. The van der Waals surface area contributed by atoms with Crippen LogP contribution < -0.4 is 5.32 Å². The Morgan fingerprint density at radius 2 is 1.53 bits per heavy atom. The molecule has 0 atom stereocenters. The number of nitrogens with one attached hydrogen (secondary N) is 1. The fraction of sp³-hybridized carbons (Fsp3) is 0.250. The van der Waals surface area contributed by atoms with Crippen LogP contribution >= 0.6 is 0 Å². The molecule has 0 bridgehead atoms. The first-order valence-electron chi connectivity index (χ1n) is 6.35. The van der Waals surface area contributed by atoms with Gasteiger partial charge in [0.15, 0.2) is 0 Å². The van der Waals surface area contributed by atoms with Crippen LogP contribution in [0, 0.1) is 18.6 Å². The standard InChI is InChI=1S/C16H17F2N/c1-12-2-4-13(5-3-12)11-19-7-6-14-8-15(17)10-16(18)9-14/h2-5,8-10,19H,6-7,11H2,1H3. The number of benzene rings is 2. The minimum atomic E-state index is -0.520. The summed E-state index contributed by atoms with van der Waals surface area (Å²) in [5.41, 5.74) is 3.11. The number of rotatable bonds is 5. The van der Waals surface area contributed by atoms with Crippen molar-refractivity contribution in [2.45, 2.75) is 19.9 Å². The molecule has 2 aromatic carbocycles. The third kappa shape index (κ3) is 4.45. The molecular formula is C16H17F2N. The van der Waals surface area contributed by atoms with Gasteiger partial charge in [-0.15, -0.1) is 0 Å². The first-order valence-corrected chi connectivity index (χ1v) is 6.35. The lowest BCUT2D eigenvalue weighted by Crippen LogP contribution is -2.16. The number of aryl methyl sites for hydroxylation is 1. The molecule has 1 nitrogen and oxygen atoms in total. The molecule has 19 heavy (non-hydrogen) atoms. The largest absolute Gasteiger partial charge is 0.312 e. The maximum Gasteiger partial charge on any atom is 0.126 e. The van der Waals surface area contributed by atoms with Crippen molar-refractivity contribution >= 4 is 0 Å². The van der Waals surface area contributed by atoms with Crippen molar-refractivity contribution in [1.29, 1.82) is 0 Å². The van der Waals surface area contributed by atoms with Crippen LogP contribution in [-0.2, 0) is 13.0 Å². The highest BCUT2D eigenvalue weighted by atomic mass is 19.1. The first kappa shape index (κ1) is 13.7. The van der Waals surface area contributed by atoms with E-state index in [2.05, 4.69) is 36.5 Å². The lowest BCUT2D eigenvalue weighted by Gasteiger charge is -2.06. The molecule has 0 aliphatic carbocycles. The van der Waals surface area contributed by atoms with Crippen molar-refractivity contribution in [3.05, 3.63) is 70.8 Å². The van der Waals surface area contributed by atoms with Crippen LogP contribution in [0.4, 0.5) is 8.78 Å². The average Bonchev–Trinajstić information content (AvgIpc) is 2.36. The van der Waals surface area contributed by atoms with Gasteiger partial charge in [0.1, 0.15) is 11.6 Å². The molecular weight excluding hydrogens is 244 g/mol. The smallest absolute Gasteiger partial charge is 0.126 e. The number of halogens is 2. The molecule has 2 aromatic rings. The Hall–Kier alpha value is -1.74. The normalized spacial score (nSPS) is 10.7. The molecule has 0 radical (unpaired) electrons. The maximum atomic E-state index is 13.0. The van der Waals surface area contributed by atoms with E-state index in [1.807, 2.05) is 0 Å². The molecule has 0 fully saturated rings. The van der Waals surface area contributed by atoms with Gasteiger partial charge in [0, 0.05) is 12.6 Å². The molecule has 0 saturated heterocycles. The summed E-state index contributed by atoms with van der Waals surface area (Å²) >= 11 is 0. The van der Waals surface area contributed by atoms with Gasteiger partial charge in [-0.3, -0.25) is 0 Å². The number of hydrogen-bond donors (Lipinski definition) is 1. The zero-order valence-corrected chi connectivity index (χ0v) is 10.9. The summed E-state index contributed by atoms with van der Waals surface area (Å²) in [4.78, 5) is 0. The van der Waals surface area contributed by atoms with Crippen molar-refractivity contribution in [2.24, 2.45) is 0 Å². The highest BCUT2D eigenvalue weighted by molar-refractivity contribution is 5.21. The Morgan fingerprint density at radius 1 is 0.895 bits per heavy atom. The van der Waals surface area contributed by atoms with Crippen LogP contribution in [0.15, 0.2) is 42.5 Å². The zero-order chi connectivity index (χ0) is 13.7. The van der Waals surface area contributed by atoms with Crippen LogP contribution in [0.25, 0.3) is 0 Å². The molecule has 100 valence electrons. The Kier molecular flexibility index (Phi) is 4.63. The molecule has 0 spiro atoms. The van der Waals surface area contributed by atoms with E-state index in [9.17, 15) is 8.78 Å². The molecule has 0 amide bonds. The second-order valence-corrected chi connectivity index (χ2v) is 4.69. The minimum Gasteiger partial charge on any atom is -0.312 e. The van der Waals surface area contributed by atoms with Crippen LogP contribution in [0.5, 0.6) is 0 Å². The summed E-state index contributed by atoms with van der Waals surface area (Å²) in [5.74, 6) is -1.04. The van der Waals surface area contributed by atoms with E-state index in [0.29, 0.717) is 18.5 Å². The van der Waals surface area contributed by atoms with E-state index in [0.717, 1.165) is 12.6 Å². The lowest BCUT2D eigenvalue weighted by molar-refractivity contribution is 0.577. The predicted molar refractivity (Wildman–Crippen MR) is 72.9 cm³/mol. The molecule has 3 heteroatoms. The molecule has 0 aliphatic heterocycles. The third-order valence-electron chi connectivity index (χ3n) is 2.96. The van der Waals surface area contributed by atoms with Gasteiger partial charge in [-0.1, -0.05) is 29.8 Å². The lowest BCUT2D eigenvalue weighted by atomic mass is 10.1. The Balaban J connectivity index is 1.79. The van der Waals surface area contributed by atoms with E-state index >= 15 is 0 Å². The van der Waals surface area contributed by atoms with Crippen LogP contribution in [0.3, 0.4) is 0 Å². The van der Waals surface area contributed by atoms with Crippen molar-refractivity contribution < 1.29 is 8.78 Å².